The van der Waals surface area contributed by atoms with Crippen LogP contribution in [0.2, 0.25) is 0 Å². The number of nitrogens with zero attached hydrogens (tertiary/aromatic N) is 1. The summed E-state index contributed by atoms with van der Waals surface area (Å²) in [6.07, 6.45) is -1.09. The van der Waals surface area contributed by atoms with Gasteiger partial charge in [-0.15, -0.1) is 0 Å². The second kappa shape index (κ2) is 4.65. The molecule has 0 aromatic heterocycles. The van der Waals surface area contributed by atoms with E-state index in [0.717, 1.165) is 6.42 Å². The lowest BCUT2D eigenvalue weighted by Gasteiger charge is -2.30. The molecule has 1 atom stereocenters. The standard InChI is InChI=1S/C9H15F2NO/c1-2-7-5-12(6-9(10)11)4-3-8(7)13/h7,9H,2-6H2,1H3. The first kappa shape index (κ1) is 10.6. The third kappa shape index (κ3) is 3.03. The second-order valence-electron chi connectivity index (χ2n) is 3.47. The van der Waals surface area contributed by atoms with E-state index in [2.05, 4.69) is 0 Å². The smallest absolute Gasteiger partial charge is 0.251 e. The van der Waals surface area contributed by atoms with Gasteiger partial charge in [0, 0.05) is 25.4 Å². The number of halogens is 2. The molecule has 1 aliphatic heterocycles. The summed E-state index contributed by atoms with van der Waals surface area (Å²) in [7, 11) is 0. The molecule has 1 fully saturated rings. The Hall–Kier alpha value is -0.510. The number of ketones is 1. The Bertz CT molecular complexity index is 184. The van der Waals surface area contributed by atoms with E-state index in [1.165, 1.54) is 0 Å². The van der Waals surface area contributed by atoms with Crippen molar-refractivity contribution in [2.24, 2.45) is 5.92 Å². The topological polar surface area (TPSA) is 20.3 Å². The number of rotatable bonds is 3. The maximum atomic E-state index is 12.0. The first-order valence-corrected chi connectivity index (χ1v) is 4.66. The summed E-state index contributed by atoms with van der Waals surface area (Å²) in [6, 6.07) is 0. The molecule has 0 aliphatic carbocycles. The maximum absolute atomic E-state index is 12.0. The van der Waals surface area contributed by atoms with Crippen LogP contribution >= 0.6 is 0 Å². The lowest BCUT2D eigenvalue weighted by atomic mass is 9.94. The van der Waals surface area contributed by atoms with Gasteiger partial charge in [-0.05, 0) is 6.42 Å². The van der Waals surface area contributed by atoms with Gasteiger partial charge in [-0.3, -0.25) is 9.69 Å². The van der Waals surface area contributed by atoms with E-state index >= 15 is 0 Å². The first-order valence-electron chi connectivity index (χ1n) is 4.66. The lowest BCUT2D eigenvalue weighted by Crippen LogP contribution is -2.42. The van der Waals surface area contributed by atoms with Gasteiger partial charge in [0.05, 0.1) is 6.54 Å². The summed E-state index contributed by atoms with van der Waals surface area (Å²) < 4.78 is 24.0. The normalized spacial score (nSPS) is 25.5. The zero-order valence-electron chi connectivity index (χ0n) is 7.80. The Morgan fingerprint density at radius 3 is 2.85 bits per heavy atom. The number of carbonyl (C=O) groups is 1. The number of piperidine rings is 1. The molecule has 13 heavy (non-hydrogen) atoms. The summed E-state index contributed by atoms with van der Waals surface area (Å²) >= 11 is 0. The molecule has 0 aromatic carbocycles. The van der Waals surface area contributed by atoms with E-state index < -0.39 is 6.43 Å². The third-order valence-electron chi connectivity index (χ3n) is 2.50. The van der Waals surface area contributed by atoms with Crippen LogP contribution in [0.15, 0.2) is 0 Å². The van der Waals surface area contributed by atoms with Gasteiger partial charge in [0.2, 0.25) is 0 Å². The quantitative estimate of drug-likeness (QED) is 0.674. The van der Waals surface area contributed by atoms with Crippen molar-refractivity contribution in [3.05, 3.63) is 0 Å². The average molecular weight is 191 g/mol. The fourth-order valence-corrected chi connectivity index (χ4v) is 1.69. The van der Waals surface area contributed by atoms with Crippen LogP contribution in [0.25, 0.3) is 0 Å². The molecule has 1 unspecified atom stereocenters. The summed E-state index contributed by atoms with van der Waals surface area (Å²) in [5.41, 5.74) is 0. The zero-order chi connectivity index (χ0) is 9.84. The average Bonchev–Trinajstić information content (AvgIpc) is 2.07. The summed E-state index contributed by atoms with van der Waals surface area (Å²) in [6.45, 7) is 2.75. The molecule has 1 saturated heterocycles. The minimum absolute atomic E-state index is 0.0208. The lowest BCUT2D eigenvalue weighted by molar-refractivity contribution is -0.126. The van der Waals surface area contributed by atoms with Crippen molar-refractivity contribution < 1.29 is 13.6 Å². The van der Waals surface area contributed by atoms with Crippen LogP contribution in [0.4, 0.5) is 8.78 Å². The van der Waals surface area contributed by atoms with Crippen LogP contribution < -0.4 is 0 Å². The van der Waals surface area contributed by atoms with Crippen molar-refractivity contribution in [1.29, 1.82) is 0 Å². The highest BCUT2D eigenvalue weighted by Crippen LogP contribution is 2.16. The Balaban J connectivity index is 2.40. The molecule has 2 nitrogen and oxygen atoms in total. The van der Waals surface area contributed by atoms with Crippen LogP contribution in [0.5, 0.6) is 0 Å². The highest BCUT2D eigenvalue weighted by atomic mass is 19.3. The minimum Gasteiger partial charge on any atom is -0.299 e. The predicted molar refractivity (Wildman–Crippen MR) is 45.8 cm³/mol. The molecule has 0 radical (unpaired) electrons. The monoisotopic (exact) mass is 191 g/mol. The van der Waals surface area contributed by atoms with Crippen molar-refractivity contribution in [2.75, 3.05) is 19.6 Å². The maximum Gasteiger partial charge on any atom is 0.251 e. The van der Waals surface area contributed by atoms with E-state index in [-0.39, 0.29) is 18.2 Å². The van der Waals surface area contributed by atoms with Gasteiger partial charge in [-0.2, -0.15) is 0 Å². The number of hydrogen-bond acceptors (Lipinski definition) is 2. The van der Waals surface area contributed by atoms with Crippen LogP contribution in [-0.2, 0) is 4.79 Å². The van der Waals surface area contributed by atoms with Crippen molar-refractivity contribution >= 4 is 5.78 Å². The van der Waals surface area contributed by atoms with Gasteiger partial charge in [-0.1, -0.05) is 6.92 Å². The molecule has 76 valence electrons. The van der Waals surface area contributed by atoms with E-state index in [1.807, 2.05) is 6.92 Å². The summed E-state index contributed by atoms with van der Waals surface area (Å²) in [5.74, 6) is 0.209. The Morgan fingerprint density at radius 1 is 1.62 bits per heavy atom. The van der Waals surface area contributed by atoms with Crippen LogP contribution in [0.3, 0.4) is 0 Å². The Morgan fingerprint density at radius 2 is 2.31 bits per heavy atom. The van der Waals surface area contributed by atoms with Crippen molar-refractivity contribution in [3.63, 3.8) is 0 Å². The van der Waals surface area contributed by atoms with Gasteiger partial charge >= 0.3 is 0 Å². The molecule has 1 heterocycles. The molecule has 0 saturated carbocycles. The minimum atomic E-state index is -2.29. The number of alkyl halides is 2. The van der Waals surface area contributed by atoms with E-state index in [9.17, 15) is 13.6 Å². The Kier molecular flexibility index (Phi) is 3.78. The fraction of sp³-hybridized carbons (Fsp3) is 0.889. The van der Waals surface area contributed by atoms with Gasteiger partial charge < -0.3 is 0 Å². The third-order valence-corrected chi connectivity index (χ3v) is 2.50. The molecule has 1 rings (SSSR count). The van der Waals surface area contributed by atoms with Gasteiger partial charge in [0.15, 0.2) is 0 Å². The number of hydrogen-bond donors (Lipinski definition) is 0. The van der Waals surface area contributed by atoms with E-state index in [1.54, 1.807) is 4.90 Å². The molecular formula is C9H15F2NO. The van der Waals surface area contributed by atoms with E-state index in [4.69, 9.17) is 0 Å². The number of carbonyl (C=O) groups excluding carboxylic acids is 1. The summed E-state index contributed by atoms with van der Waals surface area (Å²) in [5, 5.41) is 0. The predicted octanol–water partition coefficient (Wildman–Crippen LogP) is 1.55. The molecule has 1 aliphatic rings. The van der Waals surface area contributed by atoms with E-state index in [0.29, 0.717) is 19.5 Å². The van der Waals surface area contributed by atoms with Crippen molar-refractivity contribution in [2.45, 2.75) is 26.2 Å². The van der Waals surface area contributed by atoms with Gasteiger partial charge in [0.25, 0.3) is 6.43 Å². The second-order valence-corrected chi connectivity index (χ2v) is 3.47. The molecule has 0 spiro atoms. The Labute approximate surface area is 76.9 Å². The molecular weight excluding hydrogens is 176 g/mol. The van der Waals surface area contributed by atoms with Crippen LogP contribution in [0.1, 0.15) is 19.8 Å². The van der Waals surface area contributed by atoms with Crippen molar-refractivity contribution in [3.8, 4) is 0 Å². The number of Topliss-reactive ketones (excluding diaryl/α,β-unsaturated/α-hetero) is 1. The zero-order valence-corrected chi connectivity index (χ0v) is 7.80. The highest BCUT2D eigenvalue weighted by Gasteiger charge is 2.26. The molecule has 4 heteroatoms. The molecule has 0 bridgehead atoms. The number of likely N-dealkylation sites (tertiary alicyclic amines) is 1. The molecule has 0 amide bonds. The van der Waals surface area contributed by atoms with Crippen molar-refractivity contribution in [1.82, 2.24) is 4.90 Å². The fourth-order valence-electron chi connectivity index (χ4n) is 1.69. The summed E-state index contributed by atoms with van der Waals surface area (Å²) in [4.78, 5) is 12.9. The first-order chi connectivity index (χ1) is 6.13. The van der Waals surface area contributed by atoms with Gasteiger partial charge in [-0.25, -0.2) is 8.78 Å². The SMILES string of the molecule is CCC1CN(CC(F)F)CCC1=O. The molecule has 0 N–H and O–H groups in total. The largest absolute Gasteiger partial charge is 0.299 e. The van der Waals surface area contributed by atoms with Gasteiger partial charge in [0.1, 0.15) is 5.78 Å². The molecule has 0 aromatic rings. The van der Waals surface area contributed by atoms with Crippen LogP contribution in [-0.4, -0.2) is 36.7 Å². The van der Waals surface area contributed by atoms with Crippen LogP contribution in [0, 0.1) is 5.92 Å². The highest BCUT2D eigenvalue weighted by molar-refractivity contribution is 5.82.